The van der Waals surface area contributed by atoms with Gasteiger partial charge in [0, 0.05) is 7.11 Å². The molecule has 1 heteroatoms. The Morgan fingerprint density at radius 3 is 1.50 bits per heavy atom. The van der Waals surface area contributed by atoms with E-state index in [0.717, 1.165) is 0 Å². The molecule has 0 aromatic rings. The summed E-state index contributed by atoms with van der Waals surface area (Å²) in [7, 11) is 1.87. The first kappa shape index (κ1) is 16.0. The molecule has 0 aromatic carbocycles. The molecule has 0 aliphatic rings. The molecule has 0 saturated carbocycles. The van der Waals surface area contributed by atoms with Crippen molar-refractivity contribution in [1.82, 2.24) is 0 Å². The summed E-state index contributed by atoms with van der Waals surface area (Å²) in [6.45, 7) is 6.81. The van der Waals surface area contributed by atoms with Crippen molar-refractivity contribution in [2.24, 2.45) is 0 Å². The molecule has 0 fully saturated rings. The lowest BCUT2D eigenvalue weighted by Gasteiger charge is -2.28. The molecule has 0 heterocycles. The predicted octanol–water partition coefficient (Wildman–Crippen LogP) is 5.33. The highest BCUT2D eigenvalue weighted by molar-refractivity contribution is 4.74. The Kier molecular flexibility index (Phi) is 10.1. The molecule has 1 nitrogen and oxygen atoms in total. The van der Waals surface area contributed by atoms with E-state index in [0.29, 0.717) is 0 Å². The van der Waals surface area contributed by atoms with Gasteiger partial charge in [-0.25, -0.2) is 0 Å². The maximum atomic E-state index is 5.70. The van der Waals surface area contributed by atoms with Crippen LogP contribution in [-0.4, -0.2) is 12.7 Å². The van der Waals surface area contributed by atoms with E-state index in [-0.39, 0.29) is 5.60 Å². The summed E-state index contributed by atoms with van der Waals surface area (Å²) >= 11 is 0. The van der Waals surface area contributed by atoms with Gasteiger partial charge in [0.15, 0.2) is 0 Å². The van der Waals surface area contributed by atoms with Crippen LogP contribution in [0.15, 0.2) is 0 Å². The van der Waals surface area contributed by atoms with Gasteiger partial charge in [-0.1, -0.05) is 65.2 Å². The van der Waals surface area contributed by atoms with Gasteiger partial charge in [-0.3, -0.25) is 0 Å². The lowest BCUT2D eigenvalue weighted by atomic mass is 9.91. The average Bonchev–Trinajstić information content (AvgIpc) is 2.31. The molecular weight excluding hydrogens is 196 g/mol. The van der Waals surface area contributed by atoms with Gasteiger partial charge in [-0.05, 0) is 19.8 Å². The van der Waals surface area contributed by atoms with Gasteiger partial charge in [0.2, 0.25) is 0 Å². The van der Waals surface area contributed by atoms with Crippen molar-refractivity contribution in [1.29, 1.82) is 0 Å². The van der Waals surface area contributed by atoms with Gasteiger partial charge in [-0.15, -0.1) is 0 Å². The predicted molar refractivity (Wildman–Crippen MR) is 72.9 cm³/mol. The van der Waals surface area contributed by atoms with Gasteiger partial charge in [0.25, 0.3) is 0 Å². The van der Waals surface area contributed by atoms with E-state index in [2.05, 4.69) is 20.8 Å². The highest BCUT2D eigenvalue weighted by Gasteiger charge is 2.21. The van der Waals surface area contributed by atoms with Crippen LogP contribution in [0.1, 0.15) is 85.0 Å². The van der Waals surface area contributed by atoms with Crippen LogP contribution < -0.4 is 0 Å². The molecule has 0 bridgehead atoms. The van der Waals surface area contributed by atoms with Crippen molar-refractivity contribution in [3.05, 3.63) is 0 Å². The number of unbranched alkanes of at least 4 members (excludes halogenated alkanes) is 6. The second-order valence-corrected chi connectivity index (χ2v) is 5.28. The fourth-order valence-corrected chi connectivity index (χ4v) is 2.18. The van der Waals surface area contributed by atoms with Gasteiger partial charge in [0.1, 0.15) is 0 Å². The SMILES string of the molecule is CCCCCCC(C)(CCCCCC)OC. The second kappa shape index (κ2) is 10.1. The zero-order chi connectivity index (χ0) is 12.3. The van der Waals surface area contributed by atoms with Crippen LogP contribution in [0.3, 0.4) is 0 Å². The van der Waals surface area contributed by atoms with Gasteiger partial charge >= 0.3 is 0 Å². The lowest BCUT2D eigenvalue weighted by molar-refractivity contribution is -0.0120. The third-order valence-electron chi connectivity index (χ3n) is 3.61. The number of hydrogen-bond acceptors (Lipinski definition) is 1. The maximum Gasteiger partial charge on any atom is 0.0650 e. The number of hydrogen-bond donors (Lipinski definition) is 0. The molecule has 0 rings (SSSR count). The summed E-state index contributed by atoms with van der Waals surface area (Å²) in [6.07, 6.45) is 13.2. The second-order valence-electron chi connectivity index (χ2n) is 5.28. The smallest absolute Gasteiger partial charge is 0.0650 e. The van der Waals surface area contributed by atoms with Crippen LogP contribution in [0.25, 0.3) is 0 Å². The minimum atomic E-state index is 0.140. The average molecular weight is 228 g/mol. The largest absolute Gasteiger partial charge is 0.379 e. The molecule has 0 N–H and O–H groups in total. The topological polar surface area (TPSA) is 9.23 Å². The molecule has 98 valence electrons. The highest BCUT2D eigenvalue weighted by atomic mass is 16.5. The Morgan fingerprint density at radius 1 is 0.750 bits per heavy atom. The number of rotatable bonds is 11. The van der Waals surface area contributed by atoms with Gasteiger partial charge in [0.05, 0.1) is 5.60 Å². The monoisotopic (exact) mass is 228 g/mol. The van der Waals surface area contributed by atoms with Gasteiger partial charge < -0.3 is 4.74 Å². The molecule has 0 radical (unpaired) electrons. The van der Waals surface area contributed by atoms with Crippen molar-refractivity contribution in [2.75, 3.05) is 7.11 Å². The van der Waals surface area contributed by atoms with E-state index >= 15 is 0 Å². The molecule has 0 amide bonds. The Morgan fingerprint density at radius 2 is 1.19 bits per heavy atom. The van der Waals surface area contributed by atoms with E-state index < -0.39 is 0 Å². The molecule has 0 unspecified atom stereocenters. The Labute approximate surface area is 103 Å². The molecule has 0 spiro atoms. The Bertz CT molecular complexity index is 130. The summed E-state index contributed by atoms with van der Waals surface area (Å²) < 4.78 is 5.70. The van der Waals surface area contributed by atoms with E-state index in [1.54, 1.807) is 0 Å². The molecule has 0 aromatic heterocycles. The van der Waals surface area contributed by atoms with Crippen molar-refractivity contribution in [3.63, 3.8) is 0 Å². The fraction of sp³-hybridized carbons (Fsp3) is 1.00. The van der Waals surface area contributed by atoms with Crippen molar-refractivity contribution in [3.8, 4) is 0 Å². The molecule has 0 atom stereocenters. The summed E-state index contributed by atoms with van der Waals surface area (Å²) in [5.41, 5.74) is 0.140. The molecule has 0 aliphatic heterocycles. The number of methoxy groups -OCH3 is 1. The summed E-state index contributed by atoms with van der Waals surface area (Å²) in [5.74, 6) is 0. The minimum absolute atomic E-state index is 0.140. The lowest BCUT2D eigenvalue weighted by Crippen LogP contribution is -2.27. The summed E-state index contributed by atoms with van der Waals surface area (Å²) in [6, 6.07) is 0. The van der Waals surface area contributed by atoms with Gasteiger partial charge in [-0.2, -0.15) is 0 Å². The van der Waals surface area contributed by atoms with E-state index in [1.807, 2.05) is 7.11 Å². The standard InChI is InChI=1S/C15H32O/c1-5-7-9-11-13-15(3,16-4)14-12-10-8-6-2/h5-14H2,1-4H3. The Hall–Kier alpha value is -0.0400. The molecular formula is C15H32O. The van der Waals surface area contributed by atoms with E-state index in [9.17, 15) is 0 Å². The van der Waals surface area contributed by atoms with E-state index in [4.69, 9.17) is 4.74 Å². The quantitative estimate of drug-likeness (QED) is 0.434. The summed E-state index contributed by atoms with van der Waals surface area (Å²) in [5, 5.41) is 0. The number of ether oxygens (including phenoxy) is 1. The minimum Gasteiger partial charge on any atom is -0.379 e. The van der Waals surface area contributed by atoms with Crippen LogP contribution in [0, 0.1) is 0 Å². The zero-order valence-corrected chi connectivity index (χ0v) is 12.0. The fourth-order valence-electron chi connectivity index (χ4n) is 2.18. The first-order valence-electron chi connectivity index (χ1n) is 7.23. The first-order chi connectivity index (χ1) is 7.68. The molecule has 0 saturated heterocycles. The van der Waals surface area contributed by atoms with Crippen LogP contribution in [0.5, 0.6) is 0 Å². The van der Waals surface area contributed by atoms with Crippen LogP contribution >= 0.6 is 0 Å². The van der Waals surface area contributed by atoms with Crippen LogP contribution in [0.4, 0.5) is 0 Å². The van der Waals surface area contributed by atoms with Crippen molar-refractivity contribution >= 4 is 0 Å². The molecule has 0 aliphatic carbocycles. The maximum absolute atomic E-state index is 5.70. The van der Waals surface area contributed by atoms with Crippen molar-refractivity contribution < 1.29 is 4.74 Å². The Balaban J connectivity index is 3.64. The van der Waals surface area contributed by atoms with Crippen LogP contribution in [-0.2, 0) is 4.74 Å². The normalized spacial score (nSPS) is 12.0. The first-order valence-corrected chi connectivity index (χ1v) is 7.23. The highest BCUT2D eigenvalue weighted by Crippen LogP contribution is 2.25. The zero-order valence-electron chi connectivity index (χ0n) is 12.0. The van der Waals surface area contributed by atoms with Crippen LogP contribution in [0.2, 0.25) is 0 Å². The van der Waals surface area contributed by atoms with Crippen molar-refractivity contribution in [2.45, 2.75) is 90.6 Å². The summed E-state index contributed by atoms with van der Waals surface area (Å²) in [4.78, 5) is 0. The molecule has 16 heavy (non-hydrogen) atoms. The van der Waals surface area contributed by atoms with E-state index in [1.165, 1.54) is 64.2 Å². The third-order valence-corrected chi connectivity index (χ3v) is 3.61. The third kappa shape index (κ3) is 8.15.